The molecular weight excluding hydrogens is 316 g/mol. The highest BCUT2D eigenvalue weighted by Crippen LogP contribution is 2.36. The standard InChI is InChI=1S/C18H32N6O/c1-3-19-17(20-12-18(2)9-5-4-6-15(18)25)24-10-7-14(8-11-24)16-21-13-22-23-16/h13-15,25H,3-12H2,1-2H3,(H,19,20)(H,21,22,23). The van der Waals surface area contributed by atoms with Crippen molar-refractivity contribution in [2.45, 2.75) is 64.4 Å². The Morgan fingerprint density at radius 3 is 2.84 bits per heavy atom. The van der Waals surface area contributed by atoms with Gasteiger partial charge in [0, 0.05) is 31.0 Å². The third kappa shape index (κ3) is 4.32. The van der Waals surface area contributed by atoms with Gasteiger partial charge < -0.3 is 15.3 Å². The number of H-pyrrole nitrogens is 1. The largest absolute Gasteiger partial charge is 0.392 e. The van der Waals surface area contributed by atoms with Gasteiger partial charge in [-0.2, -0.15) is 5.10 Å². The molecule has 7 nitrogen and oxygen atoms in total. The number of hydrogen-bond donors (Lipinski definition) is 3. The highest BCUT2D eigenvalue weighted by molar-refractivity contribution is 5.80. The number of rotatable bonds is 4. The molecule has 1 saturated carbocycles. The van der Waals surface area contributed by atoms with Crippen LogP contribution < -0.4 is 5.32 Å². The molecule has 2 unspecified atom stereocenters. The van der Waals surface area contributed by atoms with E-state index in [-0.39, 0.29) is 11.5 Å². The van der Waals surface area contributed by atoms with Crippen LogP contribution in [0.4, 0.5) is 0 Å². The van der Waals surface area contributed by atoms with Crippen LogP contribution in [0.2, 0.25) is 0 Å². The molecule has 1 aliphatic carbocycles. The number of aliphatic imine (C=N–C) groups is 1. The summed E-state index contributed by atoms with van der Waals surface area (Å²) in [5.41, 5.74) is -0.0862. The van der Waals surface area contributed by atoms with E-state index in [0.29, 0.717) is 12.5 Å². The van der Waals surface area contributed by atoms with E-state index in [2.05, 4.69) is 39.2 Å². The van der Waals surface area contributed by atoms with Crippen molar-refractivity contribution in [3.63, 3.8) is 0 Å². The summed E-state index contributed by atoms with van der Waals surface area (Å²) >= 11 is 0. The van der Waals surface area contributed by atoms with E-state index < -0.39 is 0 Å². The van der Waals surface area contributed by atoms with Gasteiger partial charge >= 0.3 is 0 Å². The van der Waals surface area contributed by atoms with E-state index in [1.807, 2.05) is 0 Å². The summed E-state index contributed by atoms with van der Waals surface area (Å²) in [4.78, 5) is 11.6. The highest BCUT2D eigenvalue weighted by atomic mass is 16.3. The van der Waals surface area contributed by atoms with Gasteiger partial charge in [0.15, 0.2) is 5.96 Å². The maximum absolute atomic E-state index is 10.4. The van der Waals surface area contributed by atoms with Crippen LogP contribution in [0.1, 0.15) is 64.1 Å². The molecule has 3 N–H and O–H groups in total. The summed E-state index contributed by atoms with van der Waals surface area (Å²) in [5.74, 6) is 2.44. The molecule has 1 aromatic heterocycles. The number of aliphatic hydroxyl groups excluding tert-OH is 1. The molecule has 1 saturated heterocycles. The van der Waals surface area contributed by atoms with Crippen LogP contribution in [0.5, 0.6) is 0 Å². The molecule has 1 aromatic rings. The van der Waals surface area contributed by atoms with Crippen molar-refractivity contribution in [2.75, 3.05) is 26.2 Å². The van der Waals surface area contributed by atoms with Crippen LogP contribution in [0, 0.1) is 5.41 Å². The first-order valence-electron chi connectivity index (χ1n) is 9.69. The third-order valence-corrected chi connectivity index (χ3v) is 5.82. The Kier molecular flexibility index (Phi) is 5.93. The van der Waals surface area contributed by atoms with Gasteiger partial charge in [0.25, 0.3) is 0 Å². The number of aromatic amines is 1. The Hall–Kier alpha value is -1.63. The molecular formula is C18H32N6O. The molecule has 0 radical (unpaired) electrons. The lowest BCUT2D eigenvalue weighted by molar-refractivity contribution is 0.00701. The van der Waals surface area contributed by atoms with Crippen LogP contribution in [0.15, 0.2) is 11.3 Å². The summed E-state index contributed by atoms with van der Waals surface area (Å²) in [7, 11) is 0. The molecule has 2 heterocycles. The Morgan fingerprint density at radius 2 is 2.20 bits per heavy atom. The van der Waals surface area contributed by atoms with Crippen LogP contribution in [0.25, 0.3) is 0 Å². The smallest absolute Gasteiger partial charge is 0.193 e. The predicted octanol–water partition coefficient (Wildman–Crippen LogP) is 1.89. The zero-order valence-corrected chi connectivity index (χ0v) is 15.5. The van der Waals surface area contributed by atoms with Gasteiger partial charge in [0.2, 0.25) is 0 Å². The van der Waals surface area contributed by atoms with Gasteiger partial charge in [0.1, 0.15) is 12.2 Å². The second-order valence-electron chi connectivity index (χ2n) is 7.72. The Balaban J connectivity index is 1.61. The summed E-state index contributed by atoms with van der Waals surface area (Å²) < 4.78 is 0. The third-order valence-electron chi connectivity index (χ3n) is 5.82. The molecule has 2 atom stereocenters. The fraction of sp³-hybridized carbons (Fsp3) is 0.833. The number of piperidine rings is 1. The lowest BCUT2D eigenvalue weighted by atomic mass is 9.73. The molecule has 2 fully saturated rings. The minimum atomic E-state index is -0.231. The topological polar surface area (TPSA) is 89.4 Å². The lowest BCUT2D eigenvalue weighted by Gasteiger charge is -2.38. The first-order valence-corrected chi connectivity index (χ1v) is 9.69. The molecule has 0 amide bonds. The molecule has 7 heteroatoms. The fourth-order valence-electron chi connectivity index (χ4n) is 4.02. The fourth-order valence-corrected chi connectivity index (χ4v) is 4.02. The van der Waals surface area contributed by atoms with Crippen molar-refractivity contribution in [2.24, 2.45) is 10.4 Å². The van der Waals surface area contributed by atoms with Crippen molar-refractivity contribution in [1.29, 1.82) is 0 Å². The molecule has 1 aliphatic heterocycles. The van der Waals surface area contributed by atoms with Gasteiger partial charge in [-0.3, -0.25) is 10.1 Å². The first kappa shape index (κ1) is 18.2. The zero-order valence-electron chi connectivity index (χ0n) is 15.5. The summed E-state index contributed by atoms with van der Waals surface area (Å²) in [5, 5.41) is 20.8. The van der Waals surface area contributed by atoms with Crippen molar-refractivity contribution < 1.29 is 5.11 Å². The monoisotopic (exact) mass is 348 g/mol. The lowest BCUT2D eigenvalue weighted by Crippen LogP contribution is -2.46. The quantitative estimate of drug-likeness (QED) is 0.571. The number of guanidine groups is 1. The van der Waals surface area contributed by atoms with Crippen LogP contribution in [-0.2, 0) is 0 Å². The van der Waals surface area contributed by atoms with Crippen molar-refractivity contribution >= 4 is 5.96 Å². The molecule has 140 valence electrons. The molecule has 2 aliphatic rings. The maximum atomic E-state index is 10.4. The van der Waals surface area contributed by atoms with Gasteiger partial charge in [-0.1, -0.05) is 19.8 Å². The van der Waals surface area contributed by atoms with E-state index in [4.69, 9.17) is 4.99 Å². The minimum Gasteiger partial charge on any atom is -0.392 e. The Morgan fingerprint density at radius 1 is 1.40 bits per heavy atom. The first-order chi connectivity index (χ1) is 12.1. The number of nitrogens with zero attached hydrogens (tertiary/aromatic N) is 4. The number of nitrogens with one attached hydrogen (secondary N) is 2. The average Bonchev–Trinajstić information content (AvgIpc) is 3.16. The maximum Gasteiger partial charge on any atom is 0.193 e. The summed E-state index contributed by atoms with van der Waals surface area (Å²) in [6, 6.07) is 0. The number of aromatic nitrogens is 3. The minimum absolute atomic E-state index is 0.0862. The molecule has 0 spiro atoms. The Bertz CT molecular complexity index is 552. The van der Waals surface area contributed by atoms with E-state index in [0.717, 1.165) is 63.5 Å². The van der Waals surface area contributed by atoms with Gasteiger partial charge in [0.05, 0.1) is 12.6 Å². The van der Waals surface area contributed by atoms with Gasteiger partial charge in [-0.15, -0.1) is 0 Å². The van der Waals surface area contributed by atoms with Gasteiger partial charge in [-0.25, -0.2) is 4.98 Å². The van der Waals surface area contributed by atoms with Crippen molar-refractivity contribution in [1.82, 2.24) is 25.4 Å². The molecule has 0 aromatic carbocycles. The van der Waals surface area contributed by atoms with Gasteiger partial charge in [-0.05, 0) is 32.6 Å². The average molecular weight is 348 g/mol. The SMILES string of the molecule is CCNC(=NCC1(C)CCCCC1O)N1CCC(c2ncn[nH]2)CC1. The molecule has 3 rings (SSSR count). The van der Waals surface area contributed by atoms with E-state index in [9.17, 15) is 5.11 Å². The number of aliphatic hydroxyl groups is 1. The normalized spacial score (nSPS) is 29.0. The van der Waals surface area contributed by atoms with Crippen LogP contribution in [0.3, 0.4) is 0 Å². The predicted molar refractivity (Wildman–Crippen MR) is 98.5 cm³/mol. The Labute approximate surface area is 150 Å². The number of likely N-dealkylation sites (tertiary alicyclic amines) is 1. The van der Waals surface area contributed by atoms with Crippen LogP contribution in [-0.4, -0.2) is 63.4 Å². The highest BCUT2D eigenvalue weighted by Gasteiger charge is 2.35. The van der Waals surface area contributed by atoms with E-state index in [1.165, 1.54) is 6.42 Å². The second kappa shape index (κ2) is 8.17. The van der Waals surface area contributed by atoms with E-state index in [1.54, 1.807) is 6.33 Å². The van der Waals surface area contributed by atoms with E-state index >= 15 is 0 Å². The van der Waals surface area contributed by atoms with Crippen molar-refractivity contribution in [3.8, 4) is 0 Å². The zero-order chi connectivity index (χ0) is 17.7. The second-order valence-corrected chi connectivity index (χ2v) is 7.72. The number of hydrogen-bond acceptors (Lipinski definition) is 4. The summed E-state index contributed by atoms with van der Waals surface area (Å²) in [6.45, 7) is 7.78. The van der Waals surface area contributed by atoms with Crippen LogP contribution >= 0.6 is 0 Å². The summed E-state index contributed by atoms with van der Waals surface area (Å²) in [6.07, 6.45) is 7.76. The molecule has 25 heavy (non-hydrogen) atoms. The molecule has 0 bridgehead atoms. The van der Waals surface area contributed by atoms with Crippen molar-refractivity contribution in [3.05, 3.63) is 12.2 Å².